The van der Waals surface area contributed by atoms with Crippen molar-refractivity contribution < 1.29 is 14.7 Å². The molecule has 1 N–H and O–H groups in total. The van der Waals surface area contributed by atoms with Crippen LogP contribution >= 0.6 is 0 Å². The van der Waals surface area contributed by atoms with Crippen LogP contribution in [-0.4, -0.2) is 35.0 Å². The molecular formula is C13H21NO3. The molecule has 2 rings (SSSR count). The molecule has 1 aliphatic carbocycles. The third kappa shape index (κ3) is 2.45. The molecule has 0 aromatic rings. The second-order valence-corrected chi connectivity index (χ2v) is 5.59. The molecule has 0 aromatic heterocycles. The van der Waals surface area contributed by atoms with Gasteiger partial charge in [-0.05, 0) is 38.0 Å². The summed E-state index contributed by atoms with van der Waals surface area (Å²) in [6.07, 6.45) is 7.35. The Labute approximate surface area is 102 Å². The summed E-state index contributed by atoms with van der Waals surface area (Å²) in [6.45, 7) is 2.97. The summed E-state index contributed by atoms with van der Waals surface area (Å²) in [6, 6.07) is 0. The van der Waals surface area contributed by atoms with Gasteiger partial charge in [-0.3, -0.25) is 9.59 Å². The van der Waals surface area contributed by atoms with Crippen molar-refractivity contribution in [2.75, 3.05) is 13.1 Å². The average Bonchev–Trinajstić information content (AvgIpc) is 2.76. The second kappa shape index (κ2) is 4.67. The van der Waals surface area contributed by atoms with Gasteiger partial charge in [-0.15, -0.1) is 0 Å². The Morgan fingerprint density at radius 2 is 1.65 bits per heavy atom. The lowest BCUT2D eigenvalue weighted by atomic mass is 9.77. The van der Waals surface area contributed by atoms with E-state index in [1.165, 1.54) is 32.6 Å². The van der Waals surface area contributed by atoms with Crippen LogP contribution in [-0.2, 0) is 9.59 Å². The van der Waals surface area contributed by atoms with E-state index in [1.54, 1.807) is 4.90 Å². The normalized spacial score (nSPS) is 24.9. The smallest absolute Gasteiger partial charge is 0.315 e. The van der Waals surface area contributed by atoms with Gasteiger partial charge in [-0.25, -0.2) is 0 Å². The van der Waals surface area contributed by atoms with Crippen LogP contribution in [0.3, 0.4) is 0 Å². The largest absolute Gasteiger partial charge is 0.481 e. The van der Waals surface area contributed by atoms with Gasteiger partial charge in [0.1, 0.15) is 5.92 Å². The number of aliphatic carboxylic acids is 1. The van der Waals surface area contributed by atoms with E-state index in [9.17, 15) is 9.59 Å². The number of amides is 1. The highest BCUT2D eigenvalue weighted by atomic mass is 16.4. The summed E-state index contributed by atoms with van der Waals surface area (Å²) >= 11 is 0. The molecule has 0 bridgehead atoms. The van der Waals surface area contributed by atoms with Gasteiger partial charge in [0.15, 0.2) is 0 Å². The van der Waals surface area contributed by atoms with E-state index in [-0.39, 0.29) is 5.91 Å². The highest BCUT2D eigenvalue weighted by Crippen LogP contribution is 2.46. The monoisotopic (exact) mass is 239 g/mol. The molecule has 96 valence electrons. The molecule has 1 saturated heterocycles. The Balaban J connectivity index is 1.90. The zero-order valence-electron chi connectivity index (χ0n) is 10.4. The van der Waals surface area contributed by atoms with E-state index in [0.717, 1.165) is 25.9 Å². The van der Waals surface area contributed by atoms with Crippen molar-refractivity contribution in [1.82, 2.24) is 4.90 Å². The van der Waals surface area contributed by atoms with Crippen molar-refractivity contribution in [3.05, 3.63) is 0 Å². The number of carbonyl (C=O) groups is 2. The molecule has 0 aromatic carbocycles. The predicted molar refractivity (Wildman–Crippen MR) is 63.5 cm³/mol. The third-order valence-corrected chi connectivity index (χ3v) is 4.54. The maximum absolute atomic E-state index is 11.9. The van der Waals surface area contributed by atoms with E-state index >= 15 is 0 Å². The van der Waals surface area contributed by atoms with E-state index in [1.807, 2.05) is 0 Å². The summed E-state index contributed by atoms with van der Waals surface area (Å²) in [7, 11) is 0. The van der Waals surface area contributed by atoms with E-state index in [2.05, 4.69) is 0 Å². The summed E-state index contributed by atoms with van der Waals surface area (Å²) in [5, 5.41) is 8.84. The molecule has 1 aliphatic heterocycles. The van der Waals surface area contributed by atoms with E-state index in [0.29, 0.717) is 5.41 Å². The molecule has 1 heterocycles. The number of nitrogens with zero attached hydrogens (tertiary/aromatic N) is 1. The van der Waals surface area contributed by atoms with Crippen molar-refractivity contribution in [3.8, 4) is 0 Å². The number of rotatable bonds is 2. The molecule has 1 atom stereocenters. The topological polar surface area (TPSA) is 57.6 Å². The number of likely N-dealkylation sites (tertiary alicyclic amines) is 1. The fraction of sp³-hybridized carbons (Fsp3) is 0.846. The Morgan fingerprint density at radius 1 is 1.12 bits per heavy atom. The Hall–Kier alpha value is -1.06. The minimum atomic E-state index is -1.02. The third-order valence-electron chi connectivity index (χ3n) is 4.54. The standard InChI is InChI=1S/C13H21NO3/c1-10(12(16)17)11(15)14-8-6-13(7-9-14)4-2-3-5-13/h10H,2-9H2,1H3,(H,16,17). The van der Waals surface area contributed by atoms with Gasteiger partial charge in [-0.2, -0.15) is 0 Å². The molecule has 1 spiro atoms. The van der Waals surface area contributed by atoms with Gasteiger partial charge < -0.3 is 10.0 Å². The quantitative estimate of drug-likeness (QED) is 0.749. The molecule has 2 aliphatic rings. The summed E-state index contributed by atoms with van der Waals surface area (Å²) < 4.78 is 0. The maximum atomic E-state index is 11.9. The number of hydrogen-bond acceptors (Lipinski definition) is 2. The second-order valence-electron chi connectivity index (χ2n) is 5.59. The first-order valence-electron chi connectivity index (χ1n) is 6.56. The first kappa shape index (κ1) is 12.4. The minimum absolute atomic E-state index is 0.217. The zero-order valence-corrected chi connectivity index (χ0v) is 10.4. The van der Waals surface area contributed by atoms with Crippen molar-refractivity contribution >= 4 is 11.9 Å². The van der Waals surface area contributed by atoms with Crippen LogP contribution in [0.5, 0.6) is 0 Å². The molecular weight excluding hydrogens is 218 g/mol. The van der Waals surface area contributed by atoms with Gasteiger partial charge in [0.2, 0.25) is 5.91 Å². The molecule has 1 saturated carbocycles. The van der Waals surface area contributed by atoms with Gasteiger partial charge in [-0.1, -0.05) is 12.8 Å². The van der Waals surface area contributed by atoms with E-state index in [4.69, 9.17) is 5.11 Å². The van der Waals surface area contributed by atoms with Crippen LogP contribution < -0.4 is 0 Å². The fourth-order valence-corrected chi connectivity index (χ4v) is 3.21. The van der Waals surface area contributed by atoms with Gasteiger partial charge in [0, 0.05) is 13.1 Å². The first-order valence-corrected chi connectivity index (χ1v) is 6.56. The van der Waals surface area contributed by atoms with Crippen molar-refractivity contribution in [2.45, 2.75) is 45.4 Å². The highest BCUT2D eigenvalue weighted by molar-refractivity contribution is 5.96. The first-order chi connectivity index (χ1) is 8.04. The lowest BCUT2D eigenvalue weighted by Crippen LogP contribution is -2.45. The fourth-order valence-electron chi connectivity index (χ4n) is 3.21. The lowest BCUT2D eigenvalue weighted by molar-refractivity contribution is -0.151. The lowest BCUT2D eigenvalue weighted by Gasteiger charge is -2.39. The van der Waals surface area contributed by atoms with Gasteiger partial charge in [0.05, 0.1) is 0 Å². The average molecular weight is 239 g/mol. The van der Waals surface area contributed by atoms with Crippen molar-refractivity contribution in [3.63, 3.8) is 0 Å². The van der Waals surface area contributed by atoms with Gasteiger partial charge >= 0.3 is 5.97 Å². The van der Waals surface area contributed by atoms with Crippen LogP contribution in [0.15, 0.2) is 0 Å². The number of carboxylic acid groups (broad SMARTS) is 1. The Kier molecular flexibility index (Phi) is 3.40. The minimum Gasteiger partial charge on any atom is -0.481 e. The highest BCUT2D eigenvalue weighted by Gasteiger charge is 2.39. The van der Waals surface area contributed by atoms with E-state index < -0.39 is 11.9 Å². The van der Waals surface area contributed by atoms with Crippen LogP contribution in [0, 0.1) is 11.3 Å². The molecule has 1 unspecified atom stereocenters. The Morgan fingerprint density at radius 3 is 2.12 bits per heavy atom. The van der Waals surface area contributed by atoms with Crippen LogP contribution in [0.1, 0.15) is 45.4 Å². The molecule has 17 heavy (non-hydrogen) atoms. The van der Waals surface area contributed by atoms with Crippen LogP contribution in [0.25, 0.3) is 0 Å². The molecule has 4 heteroatoms. The molecule has 1 amide bonds. The van der Waals surface area contributed by atoms with Gasteiger partial charge in [0.25, 0.3) is 0 Å². The molecule has 4 nitrogen and oxygen atoms in total. The number of piperidine rings is 1. The Bertz CT molecular complexity index is 311. The summed E-state index contributed by atoms with van der Waals surface area (Å²) in [4.78, 5) is 24.4. The number of carbonyl (C=O) groups excluding carboxylic acids is 1. The zero-order chi connectivity index (χ0) is 12.5. The maximum Gasteiger partial charge on any atom is 0.315 e. The van der Waals surface area contributed by atoms with Crippen molar-refractivity contribution in [1.29, 1.82) is 0 Å². The molecule has 0 radical (unpaired) electrons. The van der Waals surface area contributed by atoms with Crippen molar-refractivity contribution in [2.24, 2.45) is 11.3 Å². The SMILES string of the molecule is CC(C(=O)O)C(=O)N1CCC2(CCCC2)CC1. The summed E-state index contributed by atoms with van der Waals surface area (Å²) in [5.41, 5.74) is 0.475. The summed E-state index contributed by atoms with van der Waals surface area (Å²) in [5.74, 6) is -2.13. The predicted octanol–water partition coefficient (Wildman–Crippen LogP) is 1.89. The number of carboxylic acids is 1. The van der Waals surface area contributed by atoms with Crippen LogP contribution in [0.4, 0.5) is 0 Å². The molecule has 2 fully saturated rings. The number of hydrogen-bond donors (Lipinski definition) is 1. The van der Waals surface area contributed by atoms with Crippen LogP contribution in [0.2, 0.25) is 0 Å².